The van der Waals surface area contributed by atoms with E-state index in [1.807, 2.05) is 60.8 Å². The maximum Gasteiger partial charge on any atom is 0.270 e. The fraction of sp³-hybridized carbons (Fsp3) is 0.294. The van der Waals surface area contributed by atoms with E-state index in [-0.39, 0.29) is 56.0 Å². The minimum atomic E-state index is -0.872. The number of tetrazole rings is 1. The molecular formula is C34H37N11O4. The maximum absolute atomic E-state index is 13.5. The number of hydrogen-bond donors (Lipinski definition) is 5. The third-order valence-electron chi connectivity index (χ3n) is 8.06. The predicted molar refractivity (Wildman–Crippen MR) is 181 cm³/mol. The van der Waals surface area contributed by atoms with Gasteiger partial charge in [-0.25, -0.2) is 4.98 Å². The van der Waals surface area contributed by atoms with Crippen molar-refractivity contribution in [1.29, 1.82) is 0 Å². The molecule has 5 N–H and O–H groups in total. The van der Waals surface area contributed by atoms with E-state index >= 15 is 0 Å². The molecular weight excluding hydrogens is 626 g/mol. The summed E-state index contributed by atoms with van der Waals surface area (Å²) >= 11 is 0. The van der Waals surface area contributed by atoms with Crippen LogP contribution in [0.15, 0.2) is 79.0 Å². The minimum Gasteiger partial charge on any atom is -0.368 e. The fourth-order valence-electron chi connectivity index (χ4n) is 5.53. The van der Waals surface area contributed by atoms with E-state index in [0.29, 0.717) is 37.6 Å². The van der Waals surface area contributed by atoms with Gasteiger partial charge in [0.1, 0.15) is 24.1 Å². The monoisotopic (exact) mass is 663 g/mol. The second-order valence-corrected chi connectivity index (χ2v) is 11.6. The highest BCUT2D eigenvalue weighted by molar-refractivity contribution is 5.97. The molecule has 1 aliphatic rings. The van der Waals surface area contributed by atoms with Gasteiger partial charge >= 0.3 is 0 Å². The van der Waals surface area contributed by atoms with Crippen LogP contribution in [0.1, 0.15) is 28.9 Å². The first-order valence-corrected chi connectivity index (χ1v) is 16.1. The Bertz CT molecular complexity index is 1920. The van der Waals surface area contributed by atoms with Gasteiger partial charge in [-0.15, -0.1) is 10.2 Å². The smallest absolute Gasteiger partial charge is 0.270 e. The molecule has 15 heteroatoms. The zero-order chi connectivity index (χ0) is 34.0. The van der Waals surface area contributed by atoms with Gasteiger partial charge in [-0.2, -0.15) is 4.80 Å². The summed E-state index contributed by atoms with van der Waals surface area (Å²) in [5.74, 6) is -0.679. The molecule has 0 aliphatic carbocycles. The molecule has 6 rings (SSSR count). The molecule has 15 nitrogen and oxygen atoms in total. The van der Waals surface area contributed by atoms with Crippen LogP contribution in [0.25, 0.3) is 22.3 Å². The topological polar surface area (TPSA) is 192 Å². The molecule has 49 heavy (non-hydrogen) atoms. The van der Waals surface area contributed by atoms with Crippen LogP contribution in [0.5, 0.6) is 0 Å². The van der Waals surface area contributed by atoms with Crippen molar-refractivity contribution in [1.82, 2.24) is 51.0 Å². The molecule has 0 saturated heterocycles. The lowest BCUT2D eigenvalue weighted by Gasteiger charge is -2.22. The lowest BCUT2D eigenvalue weighted by molar-refractivity contribution is -0.137. The van der Waals surface area contributed by atoms with Gasteiger partial charge in [0.25, 0.3) is 5.91 Å². The Hall–Kier alpha value is -6.12. The summed E-state index contributed by atoms with van der Waals surface area (Å²) < 4.78 is 0. The Labute approximate surface area is 281 Å². The Morgan fingerprint density at radius 3 is 2.55 bits per heavy atom. The Kier molecular flexibility index (Phi) is 10.5. The summed E-state index contributed by atoms with van der Waals surface area (Å²) in [6, 6.07) is 21.2. The van der Waals surface area contributed by atoms with Gasteiger partial charge in [0.15, 0.2) is 0 Å². The van der Waals surface area contributed by atoms with Crippen molar-refractivity contribution in [3.8, 4) is 11.4 Å². The van der Waals surface area contributed by atoms with E-state index in [0.717, 1.165) is 22.0 Å². The standard InChI is InChI=1S/C34H37N11O4/c46-30-21-44(31(47)22-45-42-32(41-43-45)23-9-2-1-3-10-23)18-7-6-15-37-33(48)28(19-24-20-38-26-12-5-4-11-25(24)26)40-34(49)27-13-8-14-29(39-27)35-16-17-36-30/h1-5,8-14,20,28,38H,6-7,15-19,21-22H2,(H,35,39)(H,36,46)(H,37,48)(H,40,49)/t28-/m0/s1. The van der Waals surface area contributed by atoms with E-state index in [4.69, 9.17) is 0 Å². The number of carbonyl (C=O) groups excluding carboxylic acids is 4. The molecule has 3 aromatic heterocycles. The van der Waals surface area contributed by atoms with Crippen molar-refractivity contribution >= 4 is 40.3 Å². The number of H-pyrrole nitrogens is 1. The molecule has 0 fully saturated rings. The number of carbonyl (C=O) groups is 4. The first-order chi connectivity index (χ1) is 23.9. The van der Waals surface area contributed by atoms with E-state index in [9.17, 15) is 19.2 Å². The van der Waals surface area contributed by atoms with Gasteiger partial charge in [0.05, 0.1) is 6.54 Å². The van der Waals surface area contributed by atoms with Gasteiger partial charge in [-0.3, -0.25) is 19.2 Å². The zero-order valence-electron chi connectivity index (χ0n) is 26.8. The van der Waals surface area contributed by atoms with Crippen molar-refractivity contribution < 1.29 is 19.2 Å². The summed E-state index contributed by atoms with van der Waals surface area (Å²) in [7, 11) is 0. The van der Waals surface area contributed by atoms with Crippen LogP contribution in [-0.2, 0) is 27.3 Å². The predicted octanol–water partition coefficient (Wildman–Crippen LogP) is 1.52. The average Bonchev–Trinajstić information content (AvgIpc) is 3.76. The minimum absolute atomic E-state index is 0.149. The number of pyridine rings is 1. The number of aromatic amines is 1. The molecule has 0 unspecified atom stereocenters. The Balaban J connectivity index is 1.15. The molecule has 0 radical (unpaired) electrons. The lowest BCUT2D eigenvalue weighted by atomic mass is 10.0. The molecule has 2 aromatic carbocycles. The number of amides is 4. The average molecular weight is 664 g/mol. The summed E-state index contributed by atoms with van der Waals surface area (Å²) in [6.45, 7) is 0.804. The second kappa shape index (κ2) is 15.6. The highest BCUT2D eigenvalue weighted by atomic mass is 16.2. The number of anilines is 1. The van der Waals surface area contributed by atoms with E-state index < -0.39 is 11.9 Å². The largest absolute Gasteiger partial charge is 0.368 e. The van der Waals surface area contributed by atoms with Gasteiger partial charge in [-0.1, -0.05) is 54.6 Å². The number of para-hydroxylation sites is 1. The van der Waals surface area contributed by atoms with Crippen molar-refractivity contribution in [2.75, 3.05) is 38.0 Å². The first-order valence-electron chi connectivity index (χ1n) is 16.1. The number of nitrogens with zero attached hydrogens (tertiary/aromatic N) is 6. The summed E-state index contributed by atoms with van der Waals surface area (Å²) in [5, 5.41) is 25.1. The molecule has 0 spiro atoms. The molecule has 4 amide bonds. The van der Waals surface area contributed by atoms with Crippen LogP contribution in [0, 0.1) is 0 Å². The van der Waals surface area contributed by atoms with Crippen LogP contribution in [0.3, 0.4) is 0 Å². The third-order valence-corrected chi connectivity index (χ3v) is 8.06. The number of fused-ring (bicyclic) bond motifs is 3. The van der Waals surface area contributed by atoms with Crippen LogP contribution in [-0.4, -0.2) is 97.5 Å². The first kappa shape index (κ1) is 32.8. The highest BCUT2D eigenvalue weighted by Crippen LogP contribution is 2.19. The SMILES string of the molecule is O=C1CN(C(=O)Cn2nnc(-c3ccccc3)n2)CCCCNC(=O)[C@H](Cc2c[nH]c3ccccc23)NC(=O)c2cccc(n2)NCCN1. The van der Waals surface area contributed by atoms with E-state index in [2.05, 4.69) is 46.6 Å². The number of hydrogen-bond acceptors (Lipinski definition) is 9. The van der Waals surface area contributed by atoms with Crippen LogP contribution >= 0.6 is 0 Å². The lowest BCUT2D eigenvalue weighted by Crippen LogP contribution is -2.48. The van der Waals surface area contributed by atoms with Crippen LogP contribution < -0.4 is 21.3 Å². The van der Waals surface area contributed by atoms with Crippen LogP contribution in [0.4, 0.5) is 5.82 Å². The molecule has 1 atom stereocenters. The van der Waals surface area contributed by atoms with Gasteiger partial charge in [0, 0.05) is 55.3 Å². The van der Waals surface area contributed by atoms with Crippen molar-refractivity contribution in [2.45, 2.75) is 31.8 Å². The number of nitrogens with one attached hydrogen (secondary N) is 5. The maximum atomic E-state index is 13.5. The molecule has 0 saturated carbocycles. The fourth-order valence-corrected chi connectivity index (χ4v) is 5.53. The van der Waals surface area contributed by atoms with Gasteiger partial charge in [-0.05, 0) is 41.8 Å². The second-order valence-electron chi connectivity index (χ2n) is 11.6. The third kappa shape index (κ3) is 8.62. The molecule has 5 aromatic rings. The number of aromatic nitrogens is 6. The molecule has 1 aliphatic heterocycles. The van der Waals surface area contributed by atoms with Crippen molar-refractivity contribution in [2.24, 2.45) is 0 Å². The van der Waals surface area contributed by atoms with Gasteiger partial charge in [0.2, 0.25) is 23.5 Å². The number of rotatable bonds is 5. The quantitative estimate of drug-likeness (QED) is 0.186. The van der Waals surface area contributed by atoms with Gasteiger partial charge < -0.3 is 31.2 Å². The zero-order valence-corrected chi connectivity index (χ0v) is 26.8. The molecule has 252 valence electrons. The number of benzene rings is 2. The normalized spacial score (nSPS) is 16.8. The van der Waals surface area contributed by atoms with Crippen LogP contribution in [0.2, 0.25) is 0 Å². The van der Waals surface area contributed by atoms with Crippen molar-refractivity contribution in [3.05, 3.63) is 90.3 Å². The molecule has 2 bridgehead atoms. The molecule has 4 heterocycles. The summed E-state index contributed by atoms with van der Waals surface area (Å²) in [4.78, 5) is 63.4. The summed E-state index contributed by atoms with van der Waals surface area (Å²) in [5.41, 5.74) is 2.75. The van der Waals surface area contributed by atoms with Crippen molar-refractivity contribution in [3.63, 3.8) is 0 Å². The highest BCUT2D eigenvalue weighted by Gasteiger charge is 2.24. The Morgan fingerprint density at radius 2 is 1.67 bits per heavy atom. The summed E-state index contributed by atoms with van der Waals surface area (Å²) in [6.07, 6.45) is 3.14. The Morgan fingerprint density at radius 1 is 0.857 bits per heavy atom. The van der Waals surface area contributed by atoms with E-state index in [1.165, 1.54) is 9.70 Å². The van der Waals surface area contributed by atoms with E-state index in [1.54, 1.807) is 18.2 Å².